The Morgan fingerprint density at radius 2 is 1.92 bits per heavy atom. The highest BCUT2D eigenvalue weighted by Crippen LogP contribution is 2.27. The molecule has 0 saturated carbocycles. The minimum absolute atomic E-state index is 0.0223. The molecule has 0 N–H and O–H groups in total. The standard InChI is InChI=1S/C16H11BrF4N2O3/c17-13-4-3-12(18)14(22-13)25-8-9-1-2-10-6-23(7-11(10)5-9)26-15(24)16(19,20)21/h1-5H,6-8H2. The van der Waals surface area contributed by atoms with Gasteiger partial charge in [0, 0.05) is 0 Å². The zero-order valence-corrected chi connectivity index (χ0v) is 14.6. The minimum Gasteiger partial charge on any atom is -0.471 e. The van der Waals surface area contributed by atoms with E-state index in [-0.39, 0.29) is 25.6 Å². The molecule has 10 heteroatoms. The van der Waals surface area contributed by atoms with Gasteiger partial charge in [-0.1, -0.05) is 18.2 Å². The summed E-state index contributed by atoms with van der Waals surface area (Å²) in [6, 6.07) is 7.74. The van der Waals surface area contributed by atoms with Crippen LogP contribution in [-0.4, -0.2) is 22.2 Å². The average Bonchev–Trinajstić information content (AvgIpc) is 2.96. The number of ether oxygens (including phenoxy) is 1. The Hall–Kier alpha value is -2.20. The van der Waals surface area contributed by atoms with Crippen LogP contribution in [-0.2, 0) is 29.3 Å². The maximum Gasteiger partial charge on any atom is 0.492 e. The lowest BCUT2D eigenvalue weighted by molar-refractivity contribution is -0.240. The van der Waals surface area contributed by atoms with Crippen molar-refractivity contribution in [1.29, 1.82) is 0 Å². The van der Waals surface area contributed by atoms with Gasteiger partial charge in [0.15, 0.2) is 5.82 Å². The maximum absolute atomic E-state index is 13.6. The van der Waals surface area contributed by atoms with Gasteiger partial charge in [0.1, 0.15) is 11.2 Å². The Balaban J connectivity index is 1.63. The molecule has 0 atom stereocenters. The molecule has 2 heterocycles. The first-order chi connectivity index (χ1) is 12.2. The van der Waals surface area contributed by atoms with Crippen LogP contribution in [0.3, 0.4) is 0 Å². The zero-order valence-electron chi connectivity index (χ0n) is 13.0. The minimum atomic E-state index is -5.05. The molecule has 138 valence electrons. The second kappa shape index (κ2) is 7.20. The number of halogens is 5. The Bertz CT molecular complexity index is 845. The van der Waals surface area contributed by atoms with Crippen LogP contribution in [0, 0.1) is 5.82 Å². The Morgan fingerprint density at radius 1 is 1.19 bits per heavy atom. The summed E-state index contributed by atoms with van der Waals surface area (Å²) in [6.45, 7) is 0.102. The number of aromatic nitrogens is 1. The largest absolute Gasteiger partial charge is 0.492 e. The first-order valence-electron chi connectivity index (χ1n) is 7.32. The first kappa shape index (κ1) is 18.6. The molecule has 2 aromatic rings. The van der Waals surface area contributed by atoms with E-state index >= 15 is 0 Å². The number of fused-ring (bicyclic) bond motifs is 1. The predicted octanol–water partition coefficient (Wildman–Crippen LogP) is 3.90. The van der Waals surface area contributed by atoms with E-state index < -0.39 is 18.0 Å². The molecule has 26 heavy (non-hydrogen) atoms. The molecule has 3 rings (SSSR count). The van der Waals surface area contributed by atoms with Gasteiger partial charge in [0.2, 0.25) is 0 Å². The van der Waals surface area contributed by atoms with Crippen molar-refractivity contribution >= 4 is 21.9 Å². The van der Waals surface area contributed by atoms with Crippen molar-refractivity contribution in [2.24, 2.45) is 0 Å². The summed E-state index contributed by atoms with van der Waals surface area (Å²) in [5.74, 6) is -3.04. The van der Waals surface area contributed by atoms with Crippen molar-refractivity contribution in [3.8, 4) is 5.88 Å². The summed E-state index contributed by atoms with van der Waals surface area (Å²) in [7, 11) is 0. The fourth-order valence-corrected chi connectivity index (χ4v) is 2.69. The van der Waals surface area contributed by atoms with Crippen LogP contribution in [0.25, 0.3) is 0 Å². The van der Waals surface area contributed by atoms with Gasteiger partial charge in [-0.05, 0) is 44.8 Å². The van der Waals surface area contributed by atoms with Crippen LogP contribution in [0.2, 0.25) is 0 Å². The van der Waals surface area contributed by atoms with Crippen LogP contribution in [0.5, 0.6) is 5.88 Å². The highest BCUT2D eigenvalue weighted by Gasteiger charge is 2.43. The molecule has 1 aliphatic rings. The highest BCUT2D eigenvalue weighted by molar-refractivity contribution is 9.10. The molecule has 0 fully saturated rings. The number of pyridine rings is 1. The number of hydrogen-bond donors (Lipinski definition) is 0. The van der Waals surface area contributed by atoms with E-state index in [1.807, 2.05) is 0 Å². The zero-order chi connectivity index (χ0) is 18.9. The van der Waals surface area contributed by atoms with Gasteiger partial charge in [-0.15, -0.1) is 5.06 Å². The van der Waals surface area contributed by atoms with E-state index in [1.165, 1.54) is 12.1 Å². The van der Waals surface area contributed by atoms with Gasteiger partial charge >= 0.3 is 12.1 Å². The van der Waals surface area contributed by atoms with Crippen molar-refractivity contribution in [3.05, 3.63) is 57.4 Å². The number of hydroxylamine groups is 2. The lowest BCUT2D eigenvalue weighted by atomic mass is 10.1. The number of benzene rings is 1. The Morgan fingerprint density at radius 3 is 2.65 bits per heavy atom. The van der Waals surface area contributed by atoms with E-state index in [0.717, 1.165) is 10.6 Å². The fraction of sp³-hybridized carbons (Fsp3) is 0.250. The summed E-state index contributed by atoms with van der Waals surface area (Å²) in [5.41, 5.74) is 2.10. The first-order valence-corrected chi connectivity index (χ1v) is 8.11. The second-order valence-electron chi connectivity index (χ2n) is 5.49. The Kier molecular flexibility index (Phi) is 5.15. The summed E-state index contributed by atoms with van der Waals surface area (Å²) >= 11 is 3.12. The van der Waals surface area contributed by atoms with Gasteiger partial charge in [-0.25, -0.2) is 14.2 Å². The summed E-state index contributed by atoms with van der Waals surface area (Å²) < 4.78 is 56.1. The van der Waals surface area contributed by atoms with E-state index in [9.17, 15) is 22.4 Å². The van der Waals surface area contributed by atoms with Gasteiger partial charge < -0.3 is 9.57 Å². The number of hydrogen-bond acceptors (Lipinski definition) is 5. The van der Waals surface area contributed by atoms with Gasteiger partial charge in [-0.3, -0.25) is 0 Å². The van der Waals surface area contributed by atoms with Crippen LogP contribution in [0.4, 0.5) is 17.6 Å². The van der Waals surface area contributed by atoms with Crippen molar-refractivity contribution in [2.75, 3.05) is 0 Å². The summed E-state index contributed by atoms with van der Waals surface area (Å²) in [5, 5.41) is 0.931. The van der Waals surface area contributed by atoms with Gasteiger partial charge in [0.25, 0.3) is 5.88 Å². The molecule has 1 aliphatic heterocycles. The summed E-state index contributed by atoms with van der Waals surface area (Å²) in [4.78, 5) is 19.1. The highest BCUT2D eigenvalue weighted by atomic mass is 79.9. The van der Waals surface area contributed by atoms with Gasteiger partial charge in [0.05, 0.1) is 13.1 Å². The molecule has 0 amide bonds. The topological polar surface area (TPSA) is 51.7 Å². The second-order valence-corrected chi connectivity index (χ2v) is 6.30. The predicted molar refractivity (Wildman–Crippen MR) is 84.1 cm³/mol. The summed E-state index contributed by atoms with van der Waals surface area (Å²) in [6.07, 6.45) is -5.05. The van der Waals surface area contributed by atoms with Crippen molar-refractivity contribution in [2.45, 2.75) is 25.9 Å². The Labute approximate surface area is 153 Å². The van der Waals surface area contributed by atoms with Crippen LogP contribution in [0.15, 0.2) is 34.9 Å². The quantitative estimate of drug-likeness (QED) is 0.539. The normalized spacial score (nSPS) is 14.2. The third kappa shape index (κ3) is 4.31. The molecular formula is C16H11BrF4N2O3. The lowest BCUT2D eigenvalue weighted by Crippen LogP contribution is -2.32. The van der Waals surface area contributed by atoms with Crippen LogP contribution in [0.1, 0.15) is 16.7 Å². The van der Waals surface area contributed by atoms with Crippen molar-refractivity contribution < 1.29 is 31.9 Å². The molecule has 0 spiro atoms. The van der Waals surface area contributed by atoms with E-state index in [1.54, 1.807) is 18.2 Å². The molecular weight excluding hydrogens is 424 g/mol. The molecule has 0 aliphatic carbocycles. The maximum atomic E-state index is 13.6. The SMILES string of the molecule is O=C(ON1Cc2ccc(COc3nc(Br)ccc3F)cc2C1)C(F)(F)F. The molecule has 0 bridgehead atoms. The van der Waals surface area contributed by atoms with Crippen LogP contribution < -0.4 is 4.74 Å². The molecule has 1 aromatic carbocycles. The molecule has 0 radical (unpaired) electrons. The van der Waals surface area contributed by atoms with E-state index in [4.69, 9.17) is 4.74 Å². The lowest BCUT2D eigenvalue weighted by Gasteiger charge is -2.15. The number of alkyl halides is 3. The molecule has 5 nitrogen and oxygen atoms in total. The van der Waals surface area contributed by atoms with E-state index in [2.05, 4.69) is 25.8 Å². The van der Waals surface area contributed by atoms with Crippen LogP contribution >= 0.6 is 15.9 Å². The molecule has 0 saturated heterocycles. The average molecular weight is 435 g/mol. The van der Waals surface area contributed by atoms with Gasteiger partial charge in [-0.2, -0.15) is 13.2 Å². The fourth-order valence-electron chi connectivity index (χ4n) is 2.39. The number of nitrogens with zero attached hydrogens (tertiary/aromatic N) is 2. The molecule has 1 aromatic heterocycles. The van der Waals surface area contributed by atoms with E-state index in [0.29, 0.717) is 15.7 Å². The number of carbonyl (C=O) groups is 1. The third-order valence-electron chi connectivity index (χ3n) is 3.56. The number of rotatable bonds is 4. The number of carbonyl (C=O) groups excluding carboxylic acids is 1. The van der Waals surface area contributed by atoms with Crippen molar-refractivity contribution in [3.63, 3.8) is 0 Å². The molecule has 0 unspecified atom stereocenters. The monoisotopic (exact) mass is 434 g/mol. The van der Waals surface area contributed by atoms with Crippen molar-refractivity contribution in [1.82, 2.24) is 10.0 Å². The smallest absolute Gasteiger partial charge is 0.471 e. The third-order valence-corrected chi connectivity index (χ3v) is 4.00.